The Balaban J connectivity index is 0.000000158. The molecule has 37 heteroatoms. The number of esters is 1. The predicted octanol–water partition coefficient (Wildman–Crippen LogP) is 12.7. The number of amides is 1. The molecule has 6 aliphatic rings. The summed E-state index contributed by atoms with van der Waals surface area (Å²) in [6, 6.07) is 49.0. The number of cyclic esters (lactones) is 1. The first-order valence-corrected chi connectivity index (χ1v) is 45.6. The van der Waals surface area contributed by atoms with Gasteiger partial charge in [-0.3, -0.25) is 28.9 Å². The van der Waals surface area contributed by atoms with Gasteiger partial charge in [-0.15, -0.1) is 10.2 Å². The lowest BCUT2D eigenvalue weighted by Crippen LogP contribution is -2.48. The van der Waals surface area contributed by atoms with Gasteiger partial charge < -0.3 is 90.4 Å². The molecule has 14 heterocycles. The number of piperidine rings is 2. The van der Waals surface area contributed by atoms with E-state index in [0.717, 1.165) is 114 Å². The predicted molar refractivity (Wildman–Crippen MR) is 517 cm³/mol. The van der Waals surface area contributed by atoms with Crippen LogP contribution in [0.5, 0.6) is 5.75 Å². The van der Waals surface area contributed by atoms with E-state index in [1.807, 2.05) is 152 Å². The smallest absolute Gasteiger partial charge is 0.415 e. The van der Waals surface area contributed by atoms with Crippen molar-refractivity contribution in [3.8, 4) is 17.1 Å². The van der Waals surface area contributed by atoms with Gasteiger partial charge >= 0.3 is 23.4 Å². The maximum atomic E-state index is 13.7. The second-order valence-corrected chi connectivity index (χ2v) is 32.1. The van der Waals surface area contributed by atoms with Crippen LogP contribution in [0.25, 0.3) is 43.8 Å². The van der Waals surface area contributed by atoms with Gasteiger partial charge in [0.1, 0.15) is 60.3 Å². The summed E-state index contributed by atoms with van der Waals surface area (Å²) in [6.45, 7) is 19.4. The molecule has 0 spiro atoms. The van der Waals surface area contributed by atoms with E-state index in [1.165, 1.54) is 75.7 Å². The molecule has 136 heavy (non-hydrogen) atoms. The minimum absolute atomic E-state index is 0.0570. The number of anilines is 6. The summed E-state index contributed by atoms with van der Waals surface area (Å²) in [4.78, 5) is 91.6. The Kier molecular flexibility index (Phi) is 35.6. The summed E-state index contributed by atoms with van der Waals surface area (Å²) in [7, 11) is 4.49. The van der Waals surface area contributed by atoms with Crippen molar-refractivity contribution in [3.63, 3.8) is 0 Å². The van der Waals surface area contributed by atoms with E-state index >= 15 is 0 Å². The summed E-state index contributed by atoms with van der Waals surface area (Å²) in [5, 5.41) is 79.2. The first-order chi connectivity index (χ1) is 65.9. The summed E-state index contributed by atoms with van der Waals surface area (Å²) < 4.78 is 48.5. The topological polar surface area (TPSA) is 468 Å². The van der Waals surface area contributed by atoms with E-state index in [-0.39, 0.29) is 65.6 Å². The van der Waals surface area contributed by atoms with Gasteiger partial charge in [0.15, 0.2) is 36.0 Å². The number of para-hydroxylation sites is 1. The highest BCUT2D eigenvalue weighted by Gasteiger charge is 2.48. The van der Waals surface area contributed by atoms with Crippen LogP contribution in [-0.4, -0.2) is 209 Å². The number of hydrogen-bond donors (Lipinski definition) is 9. The Morgan fingerprint density at radius 2 is 1.16 bits per heavy atom. The molecule has 8 unspecified atom stereocenters. The highest BCUT2D eigenvalue weighted by Crippen LogP contribution is 2.42. The number of pyridine rings is 4. The number of ether oxygens (including phenoxy) is 6. The zero-order chi connectivity index (χ0) is 97.4. The van der Waals surface area contributed by atoms with Crippen molar-refractivity contribution >= 4 is 96.5 Å². The third kappa shape index (κ3) is 23.4. The second kappa shape index (κ2) is 47.7. The number of aliphatic imine (C=N–C) groups is 1. The van der Waals surface area contributed by atoms with Gasteiger partial charge in [0.05, 0.1) is 52.0 Å². The molecule has 6 aliphatic heterocycles. The van der Waals surface area contributed by atoms with E-state index < -0.39 is 78.0 Å². The van der Waals surface area contributed by atoms with E-state index in [2.05, 4.69) is 73.0 Å². The van der Waals surface area contributed by atoms with Crippen LogP contribution >= 0.6 is 11.6 Å². The zero-order valence-electron chi connectivity index (χ0n) is 77.6. The normalized spacial score (nSPS) is 19.7. The number of carbonyl (C=O) groups excluding carboxylic acids is 2. The SMILES string of the molecule is CC.CC.CC.CC[C@@]1(O)C(=O)OCc2c1cc1n(c2=O)Cc2c-1nc1ccc(OC(=O)N3CCC(N4CCCCC4)CC3)cc1c2C(C)=NC.COC1OC(n2ccc(N)nc2=O)C(O)C1O.COCC1OC(n2ccc(N)nc2=O)C(O)C1O.Fc1ccc(Nc2nnc(Cc3ccncc3)c3ccccc23)cc1Cl.c1ccc(Nc2nnc(Cc3ccncc3)c3ccccc23)cc1. The number of fused-ring (bicyclic) bond motifs is 7. The van der Waals surface area contributed by atoms with Crippen LogP contribution in [0, 0.1) is 5.82 Å². The van der Waals surface area contributed by atoms with Crippen LogP contribution in [0.4, 0.5) is 43.8 Å². The van der Waals surface area contributed by atoms with Crippen LogP contribution in [0.1, 0.15) is 151 Å². The molecule has 4 saturated heterocycles. The van der Waals surface area contributed by atoms with Gasteiger partial charge in [0.2, 0.25) is 0 Å². The Bertz CT molecular complexity index is 6400. The number of rotatable bonds is 17. The average Bonchev–Trinajstić information content (AvgIpc) is 1.55. The van der Waals surface area contributed by atoms with E-state index in [0.29, 0.717) is 59.7 Å². The number of nitrogens with two attached hydrogens (primary N) is 2. The molecule has 35 nitrogen and oxygen atoms in total. The highest BCUT2D eigenvalue weighted by atomic mass is 35.5. The average molecular weight is 1880 g/mol. The third-order valence-corrected chi connectivity index (χ3v) is 23.8. The first kappa shape index (κ1) is 102. The molecular weight excluding hydrogens is 1770 g/mol. The number of aliphatic hydroxyl groups excluding tert-OH is 4. The summed E-state index contributed by atoms with van der Waals surface area (Å²) in [6.07, 6.45) is 8.11. The molecule has 1 amide bonds. The fourth-order valence-corrected chi connectivity index (χ4v) is 16.8. The van der Waals surface area contributed by atoms with Crippen LogP contribution in [0.2, 0.25) is 5.02 Å². The monoisotopic (exact) mass is 1880 g/mol. The Morgan fingerprint density at radius 3 is 1.69 bits per heavy atom. The van der Waals surface area contributed by atoms with Gasteiger partial charge in [-0.1, -0.05) is 133 Å². The molecule has 9 atom stereocenters. The molecule has 13 aromatic rings. The molecule has 716 valence electrons. The lowest BCUT2D eigenvalue weighted by Gasteiger charge is -2.39. The highest BCUT2D eigenvalue weighted by molar-refractivity contribution is 6.31. The molecule has 11 N–H and O–H groups in total. The summed E-state index contributed by atoms with van der Waals surface area (Å²) in [5.41, 5.74) is 17.7. The lowest BCUT2D eigenvalue weighted by atomic mass is 9.86. The van der Waals surface area contributed by atoms with Crippen molar-refractivity contribution in [1.29, 1.82) is 0 Å². The molecule has 4 fully saturated rings. The lowest BCUT2D eigenvalue weighted by molar-refractivity contribution is -0.172. The molecule has 0 bridgehead atoms. The number of likely N-dealkylation sites (tertiary alicyclic amines) is 2. The largest absolute Gasteiger partial charge is 0.458 e. The summed E-state index contributed by atoms with van der Waals surface area (Å²) in [5.74, 6) is 0.734. The number of benzene rings is 5. The fraction of sp³-hybridized carbons (Fsp3) is 0.364. The standard InChI is InChI=1S/C34H39N5O6.C20H14ClFN4.C20H16N4.C10H15N3O5.C9H13N3O5.3C2H6/c1-4-34(43)26-17-28-30-24(18-39(28)31(40)25(26)19-44-32(34)41)29(20(2)35-3)23-16-22(8-9-27(23)36-30)45-33(42)38-14-10-21(11-15-38)37-12-6-5-7-13-37;21-17-12-14(5-6-18(17)22)24-20-16-4-2-1-3-15(16)19(25-26-20)11-13-7-9-23-10-8-13;1-2-6-16(7-3-1)22-20-18-9-5-4-8-17(18)19(23-24-20)14-15-10-12-21-13-11-15;1-17-4-5-7(14)8(15)9(18-5)13-3-2-6(11)12-10(13)16;1-16-8-6(14)5(13)7(17-8)12-3-2-4(10)11-9(12)15;3*1-2/h8-9,16-17,21,43H,4-7,10-15,18-19H2,1-3H3;1-10,12H,11H2,(H,24,26);1-13H,14H2,(H,22,24);2-3,5,7-9,14-15H,4H2,1H3,(H2,11,12,16);2-3,5-8,13-14H,1H3,(H2,10,11,15);3*1-2H3/t34-;;;;;;;/m0......./s1. The molecule has 0 radical (unpaired) electrons. The maximum Gasteiger partial charge on any atom is 0.415 e. The fourth-order valence-electron chi connectivity index (χ4n) is 16.6. The maximum absolute atomic E-state index is 13.7. The molecule has 0 saturated carbocycles. The van der Waals surface area contributed by atoms with Gasteiger partial charge in [-0.05, 0) is 154 Å². The number of nitrogen functional groups attached to an aromatic ring is 2. The van der Waals surface area contributed by atoms with Crippen LogP contribution in [0.15, 0.2) is 214 Å². The van der Waals surface area contributed by atoms with E-state index in [9.17, 15) is 53.9 Å². The zero-order valence-corrected chi connectivity index (χ0v) is 78.4. The molecule has 19 rings (SSSR count). The number of aliphatic hydroxyl groups is 5. The molecule has 0 aliphatic carbocycles. The first-order valence-electron chi connectivity index (χ1n) is 45.3. The van der Waals surface area contributed by atoms with Crippen molar-refractivity contribution in [2.45, 2.75) is 181 Å². The Hall–Kier alpha value is -13.4. The number of nitrogens with zero attached hydrogens (tertiary/aromatic N) is 15. The quantitative estimate of drug-likeness (QED) is 0.0302. The van der Waals surface area contributed by atoms with Crippen LogP contribution in [0.3, 0.4) is 0 Å². The van der Waals surface area contributed by atoms with E-state index in [1.54, 1.807) is 66.4 Å². The Labute approximate surface area is 790 Å². The van der Waals surface area contributed by atoms with Gasteiger partial charge in [0, 0.05) is 151 Å². The second-order valence-electron chi connectivity index (χ2n) is 31.7. The molecular formula is C99H115ClFN19O16. The van der Waals surface area contributed by atoms with Crippen molar-refractivity contribution in [3.05, 3.63) is 282 Å². The number of methoxy groups -OCH3 is 2. The molecule has 8 aromatic heterocycles. The number of nitrogens with one attached hydrogen (secondary N) is 2. The minimum Gasteiger partial charge on any atom is -0.458 e. The van der Waals surface area contributed by atoms with E-state index in [4.69, 9.17) is 56.5 Å². The number of hydrogen-bond acceptors (Lipinski definition) is 31. The number of halogens is 2. The van der Waals surface area contributed by atoms with Crippen molar-refractivity contribution < 1.29 is 67.9 Å². The summed E-state index contributed by atoms with van der Waals surface area (Å²) >= 11 is 5.86. The number of aromatic nitrogens is 12. The van der Waals surface area contributed by atoms with Gasteiger partial charge in [-0.25, -0.2) is 28.6 Å². The van der Waals surface area contributed by atoms with Crippen molar-refractivity contribution in [1.82, 2.24) is 68.8 Å². The van der Waals surface area contributed by atoms with Gasteiger partial charge in [0.25, 0.3) is 5.56 Å². The van der Waals surface area contributed by atoms with Crippen LogP contribution in [-0.2, 0) is 60.1 Å². The van der Waals surface area contributed by atoms with Crippen molar-refractivity contribution in [2.24, 2.45) is 4.99 Å². The van der Waals surface area contributed by atoms with Crippen molar-refractivity contribution in [2.75, 3.05) is 76.2 Å². The Morgan fingerprint density at radius 1 is 0.618 bits per heavy atom. The number of carbonyl (C=O) groups is 2. The van der Waals surface area contributed by atoms with Gasteiger partial charge in [-0.2, -0.15) is 20.2 Å². The van der Waals surface area contributed by atoms with Crippen LogP contribution < -0.4 is 43.8 Å². The minimum atomic E-state index is -1.90. The molecule has 5 aromatic carbocycles. The third-order valence-electron chi connectivity index (χ3n) is 23.5.